The molecule has 0 saturated carbocycles. The zero-order valence-corrected chi connectivity index (χ0v) is 8.63. The third-order valence-corrected chi connectivity index (χ3v) is 1.84. The van der Waals surface area contributed by atoms with Crippen molar-refractivity contribution >= 4 is 5.91 Å². The van der Waals surface area contributed by atoms with Crippen molar-refractivity contribution in [3.8, 4) is 0 Å². The monoisotopic (exact) mass is 197 g/mol. The molecular formula is C9H15N3O2. The highest BCUT2D eigenvalue weighted by molar-refractivity contribution is 5.80. The molecule has 0 fully saturated rings. The smallest absolute Gasteiger partial charge is 0.237 e. The van der Waals surface area contributed by atoms with Crippen molar-refractivity contribution in [2.75, 3.05) is 0 Å². The average molecular weight is 197 g/mol. The van der Waals surface area contributed by atoms with Crippen LogP contribution < -0.4 is 11.1 Å². The first-order valence-electron chi connectivity index (χ1n) is 4.47. The quantitative estimate of drug-likeness (QED) is 0.728. The second-order valence-corrected chi connectivity index (χ2v) is 3.25. The van der Waals surface area contributed by atoms with E-state index in [1.807, 2.05) is 6.92 Å². The number of carbonyl (C=O) groups is 1. The number of oxazole rings is 1. The molecule has 1 amide bonds. The Hall–Kier alpha value is -1.36. The second kappa shape index (κ2) is 4.23. The highest BCUT2D eigenvalue weighted by Crippen LogP contribution is 2.08. The van der Waals surface area contributed by atoms with Gasteiger partial charge in [0, 0.05) is 6.92 Å². The summed E-state index contributed by atoms with van der Waals surface area (Å²) in [6.07, 6.45) is 0. The summed E-state index contributed by atoms with van der Waals surface area (Å²) in [5.74, 6) is 1.09. The van der Waals surface area contributed by atoms with Crippen LogP contribution >= 0.6 is 0 Å². The number of amides is 1. The SMILES string of the molecule is Cc1nc(C)c(CNC(=O)[C@H](C)N)o1. The van der Waals surface area contributed by atoms with Crippen LogP contribution in [0.25, 0.3) is 0 Å². The van der Waals surface area contributed by atoms with Crippen molar-refractivity contribution < 1.29 is 9.21 Å². The Balaban J connectivity index is 2.54. The van der Waals surface area contributed by atoms with Crippen LogP contribution in [0.1, 0.15) is 24.3 Å². The molecule has 0 saturated heterocycles. The lowest BCUT2D eigenvalue weighted by Gasteiger charge is -2.05. The van der Waals surface area contributed by atoms with Gasteiger partial charge in [-0.15, -0.1) is 0 Å². The standard InChI is InChI=1S/C9H15N3O2/c1-5(10)9(13)11-4-8-6(2)12-7(3)14-8/h5H,4,10H2,1-3H3,(H,11,13)/t5-/m0/s1. The molecule has 0 aromatic carbocycles. The molecule has 5 nitrogen and oxygen atoms in total. The van der Waals surface area contributed by atoms with Gasteiger partial charge in [-0.2, -0.15) is 0 Å². The number of nitrogens with one attached hydrogen (secondary N) is 1. The van der Waals surface area contributed by atoms with Crippen molar-refractivity contribution in [1.29, 1.82) is 0 Å². The zero-order chi connectivity index (χ0) is 10.7. The number of hydrogen-bond acceptors (Lipinski definition) is 4. The van der Waals surface area contributed by atoms with E-state index in [0.29, 0.717) is 18.2 Å². The maximum atomic E-state index is 11.1. The van der Waals surface area contributed by atoms with E-state index in [0.717, 1.165) is 5.69 Å². The molecule has 0 spiro atoms. The maximum absolute atomic E-state index is 11.1. The maximum Gasteiger partial charge on any atom is 0.237 e. The fourth-order valence-corrected chi connectivity index (χ4v) is 1.07. The van der Waals surface area contributed by atoms with Gasteiger partial charge >= 0.3 is 0 Å². The minimum atomic E-state index is -0.501. The molecule has 0 aliphatic rings. The van der Waals surface area contributed by atoms with Gasteiger partial charge in [-0.25, -0.2) is 4.98 Å². The zero-order valence-electron chi connectivity index (χ0n) is 8.63. The molecule has 1 aromatic heterocycles. The normalized spacial score (nSPS) is 12.6. The molecule has 1 atom stereocenters. The number of rotatable bonds is 3. The van der Waals surface area contributed by atoms with Gasteiger partial charge < -0.3 is 15.5 Å². The molecule has 0 bridgehead atoms. The predicted molar refractivity (Wildman–Crippen MR) is 51.5 cm³/mol. The molecule has 0 aliphatic carbocycles. The van der Waals surface area contributed by atoms with Crippen molar-refractivity contribution in [3.63, 3.8) is 0 Å². The van der Waals surface area contributed by atoms with Crippen molar-refractivity contribution in [1.82, 2.24) is 10.3 Å². The van der Waals surface area contributed by atoms with Crippen LogP contribution in [-0.4, -0.2) is 16.9 Å². The largest absolute Gasteiger partial charge is 0.444 e. The Labute approximate surface area is 82.7 Å². The summed E-state index contributed by atoms with van der Waals surface area (Å²) in [4.78, 5) is 15.2. The van der Waals surface area contributed by atoms with Crippen LogP contribution in [-0.2, 0) is 11.3 Å². The van der Waals surface area contributed by atoms with E-state index in [-0.39, 0.29) is 5.91 Å². The number of nitrogens with zero attached hydrogens (tertiary/aromatic N) is 1. The first kappa shape index (κ1) is 10.7. The van der Waals surface area contributed by atoms with Gasteiger partial charge in [-0.05, 0) is 13.8 Å². The van der Waals surface area contributed by atoms with E-state index in [4.69, 9.17) is 10.2 Å². The van der Waals surface area contributed by atoms with Crippen molar-refractivity contribution in [3.05, 3.63) is 17.3 Å². The molecule has 1 aromatic rings. The lowest BCUT2D eigenvalue weighted by atomic mass is 10.3. The van der Waals surface area contributed by atoms with Gasteiger partial charge in [0.05, 0.1) is 18.3 Å². The van der Waals surface area contributed by atoms with Gasteiger partial charge in [0.2, 0.25) is 5.91 Å². The Bertz CT molecular complexity index is 331. The minimum absolute atomic E-state index is 0.196. The summed E-state index contributed by atoms with van der Waals surface area (Å²) in [5, 5.41) is 2.65. The number of carbonyl (C=O) groups excluding carboxylic acids is 1. The van der Waals surface area contributed by atoms with Crippen LogP contribution in [0.3, 0.4) is 0 Å². The molecule has 78 valence electrons. The first-order chi connectivity index (χ1) is 6.50. The van der Waals surface area contributed by atoms with Gasteiger partial charge in [0.1, 0.15) is 5.76 Å². The Morgan fingerprint density at radius 1 is 1.64 bits per heavy atom. The van der Waals surface area contributed by atoms with Gasteiger partial charge in [-0.3, -0.25) is 4.79 Å². The summed E-state index contributed by atoms with van der Waals surface area (Å²) >= 11 is 0. The van der Waals surface area contributed by atoms with E-state index in [1.165, 1.54) is 0 Å². The van der Waals surface area contributed by atoms with E-state index >= 15 is 0 Å². The Morgan fingerprint density at radius 2 is 2.29 bits per heavy atom. The Kier molecular flexibility index (Phi) is 3.24. The first-order valence-corrected chi connectivity index (χ1v) is 4.47. The Morgan fingerprint density at radius 3 is 2.71 bits per heavy atom. The summed E-state index contributed by atoms with van der Waals surface area (Å²) in [6, 6.07) is -0.501. The average Bonchev–Trinajstić information content (AvgIpc) is 2.40. The van der Waals surface area contributed by atoms with Crippen LogP contribution in [0.2, 0.25) is 0 Å². The number of aryl methyl sites for hydroxylation is 2. The third kappa shape index (κ3) is 2.56. The van der Waals surface area contributed by atoms with Crippen LogP contribution in [0.4, 0.5) is 0 Å². The van der Waals surface area contributed by atoms with E-state index in [9.17, 15) is 4.79 Å². The highest BCUT2D eigenvalue weighted by Gasteiger charge is 2.10. The fraction of sp³-hybridized carbons (Fsp3) is 0.556. The molecule has 1 rings (SSSR count). The molecule has 0 unspecified atom stereocenters. The lowest BCUT2D eigenvalue weighted by Crippen LogP contribution is -2.37. The third-order valence-electron chi connectivity index (χ3n) is 1.84. The topological polar surface area (TPSA) is 81.2 Å². The fourth-order valence-electron chi connectivity index (χ4n) is 1.07. The van der Waals surface area contributed by atoms with Crippen LogP contribution in [0, 0.1) is 13.8 Å². The van der Waals surface area contributed by atoms with Gasteiger partial charge in [0.15, 0.2) is 5.89 Å². The van der Waals surface area contributed by atoms with E-state index in [2.05, 4.69) is 10.3 Å². The number of aromatic nitrogens is 1. The second-order valence-electron chi connectivity index (χ2n) is 3.25. The van der Waals surface area contributed by atoms with Crippen molar-refractivity contribution in [2.45, 2.75) is 33.4 Å². The van der Waals surface area contributed by atoms with Crippen molar-refractivity contribution in [2.24, 2.45) is 5.73 Å². The molecule has 3 N–H and O–H groups in total. The minimum Gasteiger partial charge on any atom is -0.444 e. The molecule has 0 aliphatic heterocycles. The summed E-state index contributed by atoms with van der Waals surface area (Å²) in [7, 11) is 0. The van der Waals surface area contributed by atoms with E-state index in [1.54, 1.807) is 13.8 Å². The molecular weight excluding hydrogens is 182 g/mol. The highest BCUT2D eigenvalue weighted by atomic mass is 16.4. The predicted octanol–water partition coefficient (Wildman–Crippen LogP) is 0.255. The van der Waals surface area contributed by atoms with Gasteiger partial charge in [-0.1, -0.05) is 0 Å². The molecule has 14 heavy (non-hydrogen) atoms. The van der Waals surface area contributed by atoms with E-state index < -0.39 is 6.04 Å². The van der Waals surface area contributed by atoms with Crippen LogP contribution in [0.15, 0.2) is 4.42 Å². The lowest BCUT2D eigenvalue weighted by molar-refractivity contribution is -0.122. The van der Waals surface area contributed by atoms with Crippen LogP contribution in [0.5, 0.6) is 0 Å². The molecule has 0 radical (unpaired) electrons. The number of hydrogen-bond donors (Lipinski definition) is 2. The number of nitrogens with two attached hydrogens (primary N) is 1. The molecule has 1 heterocycles. The summed E-state index contributed by atoms with van der Waals surface area (Å²) in [5.41, 5.74) is 6.18. The van der Waals surface area contributed by atoms with Gasteiger partial charge in [0.25, 0.3) is 0 Å². The summed E-state index contributed by atoms with van der Waals surface area (Å²) < 4.78 is 5.28. The summed E-state index contributed by atoms with van der Waals surface area (Å²) in [6.45, 7) is 5.58. The molecule has 5 heteroatoms.